The number of aliphatic hydroxyl groups is 1. The number of rotatable bonds is 7. The van der Waals surface area contributed by atoms with Crippen molar-refractivity contribution >= 4 is 21.5 Å². The van der Waals surface area contributed by atoms with Crippen molar-refractivity contribution in [3.8, 4) is 0 Å². The summed E-state index contributed by atoms with van der Waals surface area (Å²) in [6.07, 6.45) is 0.588. The maximum absolute atomic E-state index is 12.6. The molecule has 1 aromatic carbocycles. The highest BCUT2D eigenvalue weighted by atomic mass is 32.2. The second kappa shape index (κ2) is 7.99. The number of nitrogens with one attached hydrogen (secondary N) is 2. The first-order valence-corrected chi connectivity index (χ1v) is 10.2. The van der Waals surface area contributed by atoms with Gasteiger partial charge in [0.25, 0.3) is 10.0 Å². The van der Waals surface area contributed by atoms with Crippen LogP contribution in [0.15, 0.2) is 53.6 Å². The van der Waals surface area contributed by atoms with E-state index in [1.807, 2.05) is 30.3 Å². The van der Waals surface area contributed by atoms with Gasteiger partial charge >= 0.3 is 0 Å². The highest BCUT2D eigenvalue weighted by Crippen LogP contribution is 2.23. The molecule has 0 fully saturated rings. The fraction of sp³-hybridized carbons (Fsp3) is 0.263. The van der Waals surface area contributed by atoms with Crippen molar-refractivity contribution in [1.29, 1.82) is 0 Å². The summed E-state index contributed by atoms with van der Waals surface area (Å²) in [7, 11) is -2.02. The number of hydrogen-bond acceptors (Lipinski definition) is 6. The van der Waals surface area contributed by atoms with Gasteiger partial charge in [0.05, 0.1) is 23.2 Å². The molecule has 0 saturated carbocycles. The summed E-state index contributed by atoms with van der Waals surface area (Å²) in [6.45, 7) is 3.80. The molecular formula is C19H23N5O3S. The van der Waals surface area contributed by atoms with Gasteiger partial charge in [-0.2, -0.15) is 5.10 Å². The Hall–Kier alpha value is -2.91. The Morgan fingerprint density at radius 2 is 1.86 bits per heavy atom. The van der Waals surface area contributed by atoms with Crippen LogP contribution < -0.4 is 10.0 Å². The molecule has 2 heterocycles. The SMILES string of the molecule is Cc1nn(C)c(C)c1NS(=O)(=O)c1ccc(NCC(O)c2ccccc2)nc1. The van der Waals surface area contributed by atoms with Crippen molar-refractivity contribution in [2.75, 3.05) is 16.6 Å². The van der Waals surface area contributed by atoms with Gasteiger partial charge in [-0.05, 0) is 31.5 Å². The fourth-order valence-corrected chi connectivity index (χ4v) is 3.87. The van der Waals surface area contributed by atoms with Crippen molar-refractivity contribution in [3.63, 3.8) is 0 Å². The standard InChI is InChI=1S/C19H23N5O3S/c1-13-19(14(2)24(3)22-13)23-28(26,27)16-9-10-18(20-11-16)21-12-17(25)15-7-5-4-6-8-15/h4-11,17,23,25H,12H2,1-3H3,(H,20,21). The molecule has 8 nitrogen and oxygen atoms in total. The van der Waals surface area contributed by atoms with Gasteiger partial charge in [0.2, 0.25) is 0 Å². The van der Waals surface area contributed by atoms with E-state index in [1.165, 1.54) is 12.3 Å². The summed E-state index contributed by atoms with van der Waals surface area (Å²) < 4.78 is 29.5. The number of nitrogens with zero attached hydrogens (tertiary/aromatic N) is 3. The molecular weight excluding hydrogens is 378 g/mol. The first-order valence-electron chi connectivity index (χ1n) is 8.74. The van der Waals surface area contributed by atoms with E-state index in [0.29, 0.717) is 17.2 Å². The Morgan fingerprint density at radius 3 is 2.43 bits per heavy atom. The normalized spacial score (nSPS) is 12.6. The summed E-state index contributed by atoms with van der Waals surface area (Å²) in [6, 6.07) is 12.3. The van der Waals surface area contributed by atoms with Crippen LogP contribution in [0.1, 0.15) is 23.1 Å². The van der Waals surface area contributed by atoms with E-state index in [2.05, 4.69) is 20.1 Å². The molecule has 0 amide bonds. The molecule has 0 aliphatic rings. The van der Waals surface area contributed by atoms with Crippen molar-refractivity contribution in [2.24, 2.45) is 7.05 Å². The van der Waals surface area contributed by atoms with Crippen LogP contribution >= 0.6 is 0 Å². The molecule has 0 aliphatic heterocycles. The maximum Gasteiger partial charge on any atom is 0.263 e. The Morgan fingerprint density at radius 1 is 1.14 bits per heavy atom. The fourth-order valence-electron chi connectivity index (χ4n) is 2.75. The zero-order valence-electron chi connectivity index (χ0n) is 15.9. The van der Waals surface area contributed by atoms with E-state index in [1.54, 1.807) is 31.6 Å². The molecule has 0 radical (unpaired) electrons. The van der Waals surface area contributed by atoms with Crippen LogP contribution in [0.4, 0.5) is 11.5 Å². The van der Waals surface area contributed by atoms with Crippen molar-refractivity contribution in [2.45, 2.75) is 24.8 Å². The Bertz CT molecular complexity index is 1050. The van der Waals surface area contributed by atoms with Crippen LogP contribution in [0, 0.1) is 13.8 Å². The molecule has 1 atom stereocenters. The third-order valence-corrected chi connectivity index (χ3v) is 5.79. The number of aryl methyl sites for hydroxylation is 2. The monoisotopic (exact) mass is 401 g/mol. The molecule has 0 bridgehead atoms. The average Bonchev–Trinajstić information content (AvgIpc) is 2.93. The number of aromatic nitrogens is 3. The number of anilines is 2. The lowest BCUT2D eigenvalue weighted by Crippen LogP contribution is -2.15. The highest BCUT2D eigenvalue weighted by Gasteiger charge is 2.19. The van der Waals surface area contributed by atoms with Gasteiger partial charge in [-0.1, -0.05) is 30.3 Å². The molecule has 3 aromatic rings. The Kier molecular flexibility index (Phi) is 5.66. The zero-order valence-corrected chi connectivity index (χ0v) is 16.7. The van der Waals surface area contributed by atoms with Crippen molar-refractivity contribution in [1.82, 2.24) is 14.8 Å². The summed E-state index contributed by atoms with van der Waals surface area (Å²) in [5.74, 6) is 0.475. The van der Waals surface area contributed by atoms with E-state index in [4.69, 9.17) is 0 Å². The van der Waals surface area contributed by atoms with Crippen molar-refractivity contribution < 1.29 is 13.5 Å². The third kappa shape index (κ3) is 4.32. The van der Waals surface area contributed by atoms with E-state index < -0.39 is 16.1 Å². The van der Waals surface area contributed by atoms with Crippen molar-refractivity contribution in [3.05, 3.63) is 65.6 Å². The molecule has 0 spiro atoms. The number of aliphatic hydroxyl groups excluding tert-OH is 1. The topological polar surface area (TPSA) is 109 Å². The molecule has 1 unspecified atom stereocenters. The lowest BCUT2D eigenvalue weighted by Gasteiger charge is -2.13. The molecule has 0 saturated heterocycles. The largest absolute Gasteiger partial charge is 0.387 e. The average molecular weight is 401 g/mol. The van der Waals surface area contributed by atoms with E-state index >= 15 is 0 Å². The minimum Gasteiger partial charge on any atom is -0.387 e. The zero-order chi connectivity index (χ0) is 20.3. The molecule has 3 rings (SSSR count). The molecule has 28 heavy (non-hydrogen) atoms. The molecule has 2 aromatic heterocycles. The van der Waals surface area contributed by atoms with Gasteiger partial charge in [0, 0.05) is 19.8 Å². The van der Waals surface area contributed by atoms with E-state index in [9.17, 15) is 13.5 Å². The van der Waals surface area contributed by atoms with Crippen LogP contribution in [0.2, 0.25) is 0 Å². The lowest BCUT2D eigenvalue weighted by atomic mass is 10.1. The van der Waals surface area contributed by atoms with Gasteiger partial charge in [-0.3, -0.25) is 9.40 Å². The third-order valence-electron chi connectivity index (χ3n) is 4.45. The minimum absolute atomic E-state index is 0.0457. The predicted octanol–water partition coefficient (Wildman–Crippen LogP) is 2.38. The second-order valence-corrected chi connectivity index (χ2v) is 8.14. The summed E-state index contributed by atoms with van der Waals surface area (Å²) >= 11 is 0. The van der Waals surface area contributed by atoms with Gasteiger partial charge in [-0.25, -0.2) is 13.4 Å². The summed E-state index contributed by atoms with van der Waals surface area (Å²) in [5, 5.41) is 17.4. The Balaban J connectivity index is 1.68. The quantitative estimate of drug-likeness (QED) is 0.561. The summed E-state index contributed by atoms with van der Waals surface area (Å²) in [4.78, 5) is 4.19. The summed E-state index contributed by atoms with van der Waals surface area (Å²) in [5.41, 5.74) is 2.59. The van der Waals surface area contributed by atoms with Gasteiger partial charge in [0.1, 0.15) is 10.7 Å². The first-order chi connectivity index (χ1) is 13.3. The van der Waals surface area contributed by atoms with Gasteiger partial charge < -0.3 is 10.4 Å². The van der Waals surface area contributed by atoms with E-state index in [0.717, 1.165) is 11.3 Å². The minimum atomic E-state index is -3.78. The smallest absolute Gasteiger partial charge is 0.263 e. The molecule has 0 aliphatic carbocycles. The maximum atomic E-state index is 12.6. The first kappa shape index (κ1) is 19.8. The van der Waals surface area contributed by atoms with Gasteiger partial charge in [-0.15, -0.1) is 0 Å². The van der Waals surface area contributed by atoms with Crippen LogP contribution in [-0.4, -0.2) is 34.8 Å². The number of pyridine rings is 1. The number of benzene rings is 1. The second-order valence-electron chi connectivity index (χ2n) is 6.46. The Labute approximate surface area is 164 Å². The molecule has 9 heteroatoms. The highest BCUT2D eigenvalue weighted by molar-refractivity contribution is 7.92. The molecule has 148 valence electrons. The predicted molar refractivity (Wildman–Crippen MR) is 108 cm³/mol. The molecule has 3 N–H and O–H groups in total. The van der Waals surface area contributed by atoms with Gasteiger partial charge in [0.15, 0.2) is 0 Å². The van der Waals surface area contributed by atoms with Crippen LogP contribution in [-0.2, 0) is 17.1 Å². The number of hydrogen-bond donors (Lipinski definition) is 3. The van der Waals surface area contributed by atoms with Crippen LogP contribution in [0.5, 0.6) is 0 Å². The van der Waals surface area contributed by atoms with Crippen LogP contribution in [0.25, 0.3) is 0 Å². The van der Waals surface area contributed by atoms with Crippen LogP contribution in [0.3, 0.4) is 0 Å². The number of sulfonamides is 1. The lowest BCUT2D eigenvalue weighted by molar-refractivity contribution is 0.191. The van der Waals surface area contributed by atoms with E-state index in [-0.39, 0.29) is 11.4 Å².